The second-order valence-electron chi connectivity index (χ2n) is 4.64. The first kappa shape index (κ1) is 14.6. The van der Waals surface area contributed by atoms with Crippen molar-refractivity contribution in [3.63, 3.8) is 0 Å². The van der Waals surface area contributed by atoms with Crippen molar-refractivity contribution >= 4 is 5.97 Å². The number of hydrogen-bond donors (Lipinski definition) is 1. The first-order chi connectivity index (χ1) is 10.2. The highest BCUT2D eigenvalue weighted by Crippen LogP contribution is 2.26. The van der Waals surface area contributed by atoms with Gasteiger partial charge in [-0.3, -0.25) is 4.79 Å². The molecule has 2 aromatic rings. The van der Waals surface area contributed by atoms with Crippen molar-refractivity contribution < 1.29 is 9.90 Å². The maximum atomic E-state index is 10.6. The van der Waals surface area contributed by atoms with Gasteiger partial charge in [0.25, 0.3) is 0 Å². The number of carboxylic acids is 1. The molecule has 1 unspecified atom stereocenters. The maximum absolute atomic E-state index is 10.6. The Morgan fingerprint density at radius 3 is 2.29 bits per heavy atom. The molecule has 0 radical (unpaired) electrons. The standard InChI is InChI=1S/C16H15N3O2/c17-19-18-15(10-11-16(20)21)14-8-6-13(7-9-14)12-4-2-1-3-5-12/h1-9,15H,10-11H2,(H,20,21). The topological polar surface area (TPSA) is 86.1 Å². The molecule has 2 aromatic carbocycles. The lowest BCUT2D eigenvalue weighted by atomic mass is 9.99. The quantitative estimate of drug-likeness (QED) is 0.477. The molecular formula is C16H15N3O2. The number of nitrogens with zero attached hydrogens (tertiary/aromatic N) is 3. The summed E-state index contributed by atoms with van der Waals surface area (Å²) in [6, 6.07) is 17.1. The van der Waals surface area contributed by atoms with Gasteiger partial charge in [-0.2, -0.15) is 0 Å². The lowest BCUT2D eigenvalue weighted by Gasteiger charge is -2.11. The summed E-state index contributed by atoms with van der Waals surface area (Å²) in [6.07, 6.45) is 0.272. The highest BCUT2D eigenvalue weighted by molar-refractivity contribution is 5.67. The van der Waals surface area contributed by atoms with Gasteiger partial charge in [0.15, 0.2) is 0 Å². The molecule has 0 amide bonds. The number of benzene rings is 2. The minimum absolute atomic E-state index is 0.0237. The van der Waals surface area contributed by atoms with Gasteiger partial charge >= 0.3 is 5.97 Å². The second kappa shape index (κ2) is 7.12. The van der Waals surface area contributed by atoms with Gasteiger partial charge in [-0.15, -0.1) is 0 Å². The molecular weight excluding hydrogens is 266 g/mol. The Kier molecular flexibility index (Phi) is 4.96. The van der Waals surface area contributed by atoms with Gasteiger partial charge in [-0.1, -0.05) is 59.7 Å². The van der Waals surface area contributed by atoms with Crippen LogP contribution in [-0.4, -0.2) is 11.1 Å². The van der Waals surface area contributed by atoms with Crippen LogP contribution in [0.15, 0.2) is 59.7 Å². The molecule has 2 rings (SSSR count). The molecule has 106 valence electrons. The molecule has 0 bridgehead atoms. The summed E-state index contributed by atoms with van der Waals surface area (Å²) in [5.41, 5.74) is 11.6. The van der Waals surface area contributed by atoms with Crippen molar-refractivity contribution in [1.82, 2.24) is 0 Å². The van der Waals surface area contributed by atoms with E-state index < -0.39 is 12.0 Å². The van der Waals surface area contributed by atoms with Crippen molar-refractivity contribution in [3.05, 3.63) is 70.6 Å². The largest absolute Gasteiger partial charge is 0.481 e. The Morgan fingerprint density at radius 2 is 1.71 bits per heavy atom. The lowest BCUT2D eigenvalue weighted by molar-refractivity contribution is -0.137. The van der Waals surface area contributed by atoms with Crippen molar-refractivity contribution in [3.8, 4) is 11.1 Å². The van der Waals surface area contributed by atoms with Crippen LogP contribution in [0.1, 0.15) is 24.4 Å². The van der Waals surface area contributed by atoms with E-state index in [-0.39, 0.29) is 6.42 Å². The van der Waals surface area contributed by atoms with Gasteiger partial charge < -0.3 is 5.11 Å². The molecule has 0 aromatic heterocycles. The van der Waals surface area contributed by atoms with Crippen molar-refractivity contribution in [2.45, 2.75) is 18.9 Å². The molecule has 5 nitrogen and oxygen atoms in total. The Balaban J connectivity index is 2.19. The Hall–Kier alpha value is -2.78. The smallest absolute Gasteiger partial charge is 0.303 e. The van der Waals surface area contributed by atoms with E-state index in [9.17, 15) is 4.79 Å². The molecule has 5 heteroatoms. The Bertz CT molecular complexity index is 647. The fourth-order valence-electron chi connectivity index (χ4n) is 2.14. The van der Waals surface area contributed by atoms with Crippen molar-refractivity contribution in [2.75, 3.05) is 0 Å². The highest BCUT2D eigenvalue weighted by Gasteiger charge is 2.11. The van der Waals surface area contributed by atoms with E-state index in [2.05, 4.69) is 10.0 Å². The number of rotatable bonds is 6. The number of carbonyl (C=O) groups is 1. The molecule has 0 aliphatic carbocycles. The average molecular weight is 281 g/mol. The summed E-state index contributed by atoms with van der Waals surface area (Å²) in [7, 11) is 0. The normalized spacial score (nSPS) is 11.4. The van der Waals surface area contributed by atoms with Crippen LogP contribution >= 0.6 is 0 Å². The van der Waals surface area contributed by atoms with E-state index in [1.807, 2.05) is 54.6 Å². The second-order valence-corrected chi connectivity index (χ2v) is 4.64. The Morgan fingerprint density at radius 1 is 1.10 bits per heavy atom. The molecule has 0 fully saturated rings. The van der Waals surface area contributed by atoms with Gasteiger partial charge in [-0.25, -0.2) is 0 Å². The summed E-state index contributed by atoms with van der Waals surface area (Å²) in [4.78, 5) is 13.4. The predicted molar refractivity (Wildman–Crippen MR) is 80.6 cm³/mol. The zero-order chi connectivity index (χ0) is 15.1. The summed E-state index contributed by atoms with van der Waals surface area (Å²) in [6.45, 7) is 0. The number of aliphatic carboxylic acids is 1. The highest BCUT2D eigenvalue weighted by atomic mass is 16.4. The molecule has 1 N–H and O–H groups in total. The van der Waals surface area contributed by atoms with E-state index in [4.69, 9.17) is 10.6 Å². The Labute approximate surface area is 122 Å². The minimum Gasteiger partial charge on any atom is -0.481 e. The van der Waals surface area contributed by atoms with E-state index in [1.165, 1.54) is 0 Å². The summed E-state index contributed by atoms with van der Waals surface area (Å²) < 4.78 is 0. The fourth-order valence-corrected chi connectivity index (χ4v) is 2.14. The van der Waals surface area contributed by atoms with Gasteiger partial charge in [0.05, 0.1) is 6.04 Å². The van der Waals surface area contributed by atoms with Crippen molar-refractivity contribution in [1.29, 1.82) is 0 Å². The first-order valence-electron chi connectivity index (χ1n) is 6.62. The molecule has 0 spiro atoms. The monoisotopic (exact) mass is 281 g/mol. The zero-order valence-corrected chi connectivity index (χ0v) is 11.4. The minimum atomic E-state index is -0.894. The molecule has 0 aliphatic rings. The van der Waals surface area contributed by atoms with Gasteiger partial charge in [0, 0.05) is 11.3 Å². The molecule has 0 saturated carbocycles. The van der Waals surface area contributed by atoms with Gasteiger partial charge in [0.2, 0.25) is 0 Å². The third kappa shape index (κ3) is 4.09. The average Bonchev–Trinajstić information content (AvgIpc) is 2.52. The van der Waals surface area contributed by atoms with Crippen LogP contribution in [0.2, 0.25) is 0 Å². The van der Waals surface area contributed by atoms with E-state index in [1.54, 1.807) is 0 Å². The van der Waals surface area contributed by atoms with Crippen LogP contribution in [0.25, 0.3) is 21.6 Å². The van der Waals surface area contributed by atoms with E-state index in [0.29, 0.717) is 6.42 Å². The number of azide groups is 1. The summed E-state index contributed by atoms with van der Waals surface area (Å²) in [5.74, 6) is -0.894. The van der Waals surface area contributed by atoms with Gasteiger partial charge in [-0.05, 0) is 28.6 Å². The SMILES string of the molecule is [N-]=[N+]=NC(CCC(=O)O)c1ccc(-c2ccccc2)cc1. The summed E-state index contributed by atoms with van der Waals surface area (Å²) in [5, 5.41) is 12.4. The fraction of sp³-hybridized carbons (Fsp3) is 0.188. The van der Waals surface area contributed by atoms with Crippen LogP contribution in [0, 0.1) is 0 Å². The predicted octanol–water partition coefficient (Wildman–Crippen LogP) is 4.57. The van der Waals surface area contributed by atoms with Crippen LogP contribution in [0.5, 0.6) is 0 Å². The van der Waals surface area contributed by atoms with Crippen LogP contribution in [-0.2, 0) is 4.79 Å². The molecule has 1 atom stereocenters. The van der Waals surface area contributed by atoms with Crippen LogP contribution in [0.4, 0.5) is 0 Å². The zero-order valence-electron chi connectivity index (χ0n) is 11.4. The number of carboxylic acid groups (broad SMARTS) is 1. The number of hydrogen-bond acceptors (Lipinski definition) is 2. The third-order valence-corrected chi connectivity index (χ3v) is 3.23. The molecule has 0 heterocycles. The summed E-state index contributed by atoms with van der Waals surface area (Å²) >= 11 is 0. The molecule has 0 saturated heterocycles. The van der Waals surface area contributed by atoms with Gasteiger partial charge in [0.1, 0.15) is 0 Å². The van der Waals surface area contributed by atoms with Crippen LogP contribution < -0.4 is 0 Å². The van der Waals surface area contributed by atoms with Crippen molar-refractivity contribution in [2.24, 2.45) is 5.11 Å². The first-order valence-corrected chi connectivity index (χ1v) is 6.62. The van der Waals surface area contributed by atoms with E-state index >= 15 is 0 Å². The maximum Gasteiger partial charge on any atom is 0.303 e. The third-order valence-electron chi connectivity index (χ3n) is 3.23. The molecule has 21 heavy (non-hydrogen) atoms. The lowest BCUT2D eigenvalue weighted by Crippen LogP contribution is -2.00. The molecule has 0 aliphatic heterocycles. The van der Waals surface area contributed by atoms with E-state index in [0.717, 1.165) is 16.7 Å². The van der Waals surface area contributed by atoms with Crippen LogP contribution in [0.3, 0.4) is 0 Å².